The van der Waals surface area contributed by atoms with Gasteiger partial charge in [-0.25, -0.2) is 0 Å². The second-order valence-corrected chi connectivity index (χ2v) is 6.13. The number of aryl methyl sites for hydroxylation is 1. The van der Waals surface area contributed by atoms with E-state index < -0.39 is 0 Å². The van der Waals surface area contributed by atoms with Crippen LogP contribution < -0.4 is 0 Å². The number of hydrogen-bond donors (Lipinski definition) is 1. The van der Waals surface area contributed by atoms with Crippen LogP contribution in [0.2, 0.25) is 0 Å². The van der Waals surface area contributed by atoms with Crippen molar-refractivity contribution in [3.8, 4) is 0 Å². The van der Waals surface area contributed by atoms with Gasteiger partial charge in [-0.1, -0.05) is 19.9 Å². The fourth-order valence-electron chi connectivity index (χ4n) is 3.08. The van der Waals surface area contributed by atoms with Gasteiger partial charge >= 0.3 is 0 Å². The Labute approximate surface area is 120 Å². The summed E-state index contributed by atoms with van der Waals surface area (Å²) >= 11 is 4.58. The van der Waals surface area contributed by atoms with Gasteiger partial charge in [0.25, 0.3) is 0 Å². The van der Waals surface area contributed by atoms with E-state index in [-0.39, 0.29) is 0 Å². The lowest BCUT2D eigenvalue weighted by atomic mass is 9.89. The molecule has 0 fully saturated rings. The van der Waals surface area contributed by atoms with Gasteiger partial charge < -0.3 is 0 Å². The van der Waals surface area contributed by atoms with Crippen LogP contribution in [0, 0.1) is 0 Å². The van der Waals surface area contributed by atoms with E-state index in [1.165, 1.54) is 47.0 Å². The highest BCUT2D eigenvalue weighted by Crippen LogP contribution is 2.31. The van der Waals surface area contributed by atoms with Crippen LogP contribution in [0.5, 0.6) is 0 Å². The molecule has 1 aliphatic carbocycles. The summed E-state index contributed by atoms with van der Waals surface area (Å²) < 4.78 is 0. The number of aromatic nitrogens is 1. The SMILES string of the molecule is CC(C)c1ccc2nc3c(c(CS)c2c1)CCCC3. The molecule has 19 heavy (non-hydrogen) atoms. The van der Waals surface area contributed by atoms with Crippen molar-refractivity contribution in [3.63, 3.8) is 0 Å². The first-order valence-electron chi connectivity index (χ1n) is 7.26. The highest BCUT2D eigenvalue weighted by molar-refractivity contribution is 7.79. The third-order valence-corrected chi connectivity index (χ3v) is 4.55. The molecule has 0 aliphatic heterocycles. The minimum Gasteiger partial charge on any atom is -0.253 e. The number of benzene rings is 1. The summed E-state index contributed by atoms with van der Waals surface area (Å²) in [5, 5.41) is 1.32. The van der Waals surface area contributed by atoms with Crippen LogP contribution in [0.1, 0.15) is 55.0 Å². The molecule has 100 valence electrons. The largest absolute Gasteiger partial charge is 0.253 e. The Bertz CT molecular complexity index is 616. The molecule has 2 aromatic rings. The Hall–Kier alpha value is -1.02. The number of nitrogens with zero attached hydrogens (tertiary/aromatic N) is 1. The van der Waals surface area contributed by atoms with Crippen molar-refractivity contribution in [2.24, 2.45) is 0 Å². The average molecular weight is 271 g/mol. The molecule has 0 saturated heterocycles. The van der Waals surface area contributed by atoms with Crippen molar-refractivity contribution < 1.29 is 0 Å². The van der Waals surface area contributed by atoms with Gasteiger partial charge in [0.1, 0.15) is 0 Å². The van der Waals surface area contributed by atoms with E-state index in [1.807, 2.05) is 0 Å². The van der Waals surface area contributed by atoms with E-state index in [1.54, 1.807) is 0 Å². The van der Waals surface area contributed by atoms with E-state index in [4.69, 9.17) is 4.98 Å². The number of fused-ring (bicyclic) bond motifs is 2. The summed E-state index contributed by atoms with van der Waals surface area (Å²) in [5.41, 5.74) is 6.77. The van der Waals surface area contributed by atoms with Crippen LogP contribution in [0.15, 0.2) is 18.2 Å². The van der Waals surface area contributed by atoms with Crippen LogP contribution in [0.25, 0.3) is 10.9 Å². The van der Waals surface area contributed by atoms with Crippen LogP contribution in [-0.2, 0) is 18.6 Å². The predicted octanol–water partition coefficient (Wildman–Crippen LogP) is 4.67. The molecule has 0 unspecified atom stereocenters. The van der Waals surface area contributed by atoms with Crippen molar-refractivity contribution in [2.75, 3.05) is 0 Å². The molecule has 1 nitrogen and oxygen atoms in total. The molecule has 0 amide bonds. The molecule has 2 heteroatoms. The number of rotatable bonds is 2. The van der Waals surface area contributed by atoms with Crippen molar-refractivity contribution >= 4 is 23.5 Å². The quantitative estimate of drug-likeness (QED) is 0.783. The minimum atomic E-state index is 0.563. The van der Waals surface area contributed by atoms with Crippen molar-refractivity contribution in [3.05, 3.63) is 40.6 Å². The molecule has 0 N–H and O–H groups in total. The maximum absolute atomic E-state index is 4.89. The normalized spacial score (nSPS) is 14.9. The third-order valence-electron chi connectivity index (χ3n) is 4.23. The zero-order valence-electron chi connectivity index (χ0n) is 11.7. The Kier molecular flexibility index (Phi) is 3.53. The molecular weight excluding hydrogens is 250 g/mol. The van der Waals surface area contributed by atoms with Gasteiger partial charge in [-0.2, -0.15) is 12.6 Å². The molecule has 1 aromatic heterocycles. The van der Waals surface area contributed by atoms with E-state index >= 15 is 0 Å². The van der Waals surface area contributed by atoms with Gasteiger partial charge in [-0.15, -0.1) is 0 Å². The molecule has 1 aromatic carbocycles. The molecule has 1 aliphatic rings. The molecule has 0 bridgehead atoms. The molecule has 0 atom stereocenters. The third kappa shape index (κ3) is 2.27. The number of thiol groups is 1. The standard InChI is InChI=1S/C17H21NS/c1-11(2)12-7-8-17-14(9-12)15(10-19)13-5-3-4-6-16(13)18-17/h7-9,11,19H,3-6,10H2,1-2H3. The highest BCUT2D eigenvalue weighted by atomic mass is 32.1. The van der Waals surface area contributed by atoms with Crippen LogP contribution in [0.4, 0.5) is 0 Å². The minimum absolute atomic E-state index is 0.563. The van der Waals surface area contributed by atoms with Crippen molar-refractivity contribution in [1.82, 2.24) is 4.98 Å². The first-order chi connectivity index (χ1) is 9.20. The lowest BCUT2D eigenvalue weighted by molar-refractivity contribution is 0.667. The maximum atomic E-state index is 4.89. The van der Waals surface area contributed by atoms with E-state index in [0.29, 0.717) is 5.92 Å². The maximum Gasteiger partial charge on any atom is 0.0708 e. The summed E-state index contributed by atoms with van der Waals surface area (Å²) in [6.45, 7) is 4.49. The average Bonchev–Trinajstić information content (AvgIpc) is 2.44. The summed E-state index contributed by atoms with van der Waals surface area (Å²) in [7, 11) is 0. The van der Waals surface area contributed by atoms with Crippen molar-refractivity contribution in [2.45, 2.75) is 51.2 Å². The van der Waals surface area contributed by atoms with Gasteiger partial charge in [0.15, 0.2) is 0 Å². The van der Waals surface area contributed by atoms with E-state index in [0.717, 1.165) is 17.7 Å². The summed E-state index contributed by atoms with van der Waals surface area (Å²) in [6.07, 6.45) is 4.89. The Morgan fingerprint density at radius 3 is 2.74 bits per heavy atom. The summed E-state index contributed by atoms with van der Waals surface area (Å²) in [5.74, 6) is 1.39. The first-order valence-corrected chi connectivity index (χ1v) is 7.89. The van der Waals surface area contributed by atoms with Crippen LogP contribution in [0.3, 0.4) is 0 Å². The lowest BCUT2D eigenvalue weighted by Gasteiger charge is -2.20. The fraction of sp³-hybridized carbons (Fsp3) is 0.471. The second kappa shape index (κ2) is 5.16. The van der Waals surface area contributed by atoms with E-state index in [2.05, 4.69) is 44.7 Å². The fourth-order valence-corrected chi connectivity index (χ4v) is 3.44. The Balaban J connectivity index is 2.28. The smallest absolute Gasteiger partial charge is 0.0708 e. The second-order valence-electron chi connectivity index (χ2n) is 5.81. The Morgan fingerprint density at radius 1 is 1.21 bits per heavy atom. The molecular formula is C17H21NS. The molecule has 0 radical (unpaired) electrons. The molecule has 0 saturated carbocycles. The van der Waals surface area contributed by atoms with Crippen LogP contribution >= 0.6 is 12.6 Å². The zero-order valence-corrected chi connectivity index (χ0v) is 12.6. The highest BCUT2D eigenvalue weighted by Gasteiger charge is 2.17. The Morgan fingerprint density at radius 2 is 2.00 bits per heavy atom. The summed E-state index contributed by atoms with van der Waals surface area (Å²) in [6, 6.07) is 6.73. The van der Waals surface area contributed by atoms with Crippen LogP contribution in [-0.4, -0.2) is 4.98 Å². The molecule has 0 spiro atoms. The molecule has 1 heterocycles. The van der Waals surface area contributed by atoms with E-state index in [9.17, 15) is 0 Å². The van der Waals surface area contributed by atoms with Gasteiger partial charge in [0.2, 0.25) is 0 Å². The monoisotopic (exact) mass is 271 g/mol. The molecule has 3 rings (SSSR count). The first kappa shape index (κ1) is 13.0. The number of hydrogen-bond acceptors (Lipinski definition) is 2. The van der Waals surface area contributed by atoms with Gasteiger partial charge in [-0.05, 0) is 60.4 Å². The zero-order chi connectivity index (χ0) is 13.4. The number of pyridine rings is 1. The van der Waals surface area contributed by atoms with Gasteiger partial charge in [0, 0.05) is 16.8 Å². The van der Waals surface area contributed by atoms with Gasteiger partial charge in [-0.3, -0.25) is 4.98 Å². The topological polar surface area (TPSA) is 12.9 Å². The summed E-state index contributed by atoms with van der Waals surface area (Å²) in [4.78, 5) is 4.89. The lowest BCUT2D eigenvalue weighted by Crippen LogP contribution is -2.09. The predicted molar refractivity (Wildman–Crippen MR) is 85.2 cm³/mol. The van der Waals surface area contributed by atoms with Gasteiger partial charge in [0.05, 0.1) is 5.52 Å². The van der Waals surface area contributed by atoms with Crippen molar-refractivity contribution in [1.29, 1.82) is 0 Å².